The van der Waals surface area contributed by atoms with Crippen LogP contribution in [0.1, 0.15) is 30.3 Å². The van der Waals surface area contributed by atoms with Gasteiger partial charge >= 0.3 is 5.97 Å². The molecule has 2 rings (SSSR count). The molecule has 21 heavy (non-hydrogen) atoms. The first kappa shape index (κ1) is 15.3. The van der Waals surface area contributed by atoms with E-state index in [4.69, 9.17) is 10.2 Å². The predicted octanol–water partition coefficient (Wildman–Crippen LogP) is 2.75. The van der Waals surface area contributed by atoms with Crippen LogP contribution in [0.15, 0.2) is 30.3 Å². The summed E-state index contributed by atoms with van der Waals surface area (Å²) in [6.45, 7) is 2.89. The number of aromatic carboxylic acids is 1. The van der Waals surface area contributed by atoms with Gasteiger partial charge in [0, 0.05) is 18.5 Å². The number of rotatable bonds is 7. The molecule has 0 saturated heterocycles. The molecule has 1 heterocycles. The fourth-order valence-corrected chi connectivity index (χ4v) is 2.19. The Hall–Kier alpha value is -2.14. The molecule has 112 valence electrons. The number of nitrogens with one attached hydrogen (secondary N) is 1. The lowest BCUT2D eigenvalue weighted by Gasteiger charge is -2.11. The number of anilines is 1. The molecule has 0 amide bonds. The maximum Gasteiger partial charge on any atom is 0.354 e. The fraction of sp³-hybridized carbons (Fsp3) is 0.375. The van der Waals surface area contributed by atoms with Crippen molar-refractivity contribution in [2.45, 2.75) is 19.8 Å². The van der Waals surface area contributed by atoms with Crippen LogP contribution in [0.4, 0.5) is 5.82 Å². The summed E-state index contributed by atoms with van der Waals surface area (Å²) in [5, 5.41) is 23.1. The van der Waals surface area contributed by atoms with E-state index < -0.39 is 5.97 Å². The SMILES string of the molecule is CC(CO)CCCNc1nc(C(=O)O)cc2ccccc12. The summed E-state index contributed by atoms with van der Waals surface area (Å²) in [7, 11) is 0. The highest BCUT2D eigenvalue weighted by Crippen LogP contribution is 2.22. The molecule has 1 atom stereocenters. The van der Waals surface area contributed by atoms with Crippen LogP contribution in [0.25, 0.3) is 10.8 Å². The van der Waals surface area contributed by atoms with Crippen molar-refractivity contribution in [3.05, 3.63) is 36.0 Å². The van der Waals surface area contributed by atoms with Crippen LogP contribution in [-0.2, 0) is 0 Å². The van der Waals surface area contributed by atoms with E-state index in [0.29, 0.717) is 12.4 Å². The van der Waals surface area contributed by atoms with Crippen LogP contribution in [0.2, 0.25) is 0 Å². The quantitative estimate of drug-likeness (QED) is 0.682. The van der Waals surface area contributed by atoms with Gasteiger partial charge in [-0.1, -0.05) is 31.2 Å². The van der Waals surface area contributed by atoms with E-state index in [2.05, 4.69) is 10.3 Å². The third-order valence-electron chi connectivity index (χ3n) is 3.44. The number of aromatic nitrogens is 1. The van der Waals surface area contributed by atoms with Gasteiger partial charge in [0.25, 0.3) is 0 Å². The summed E-state index contributed by atoms with van der Waals surface area (Å²) in [6.07, 6.45) is 1.81. The van der Waals surface area contributed by atoms with Crippen molar-refractivity contribution in [1.29, 1.82) is 0 Å². The van der Waals surface area contributed by atoms with Gasteiger partial charge in [0.05, 0.1) is 0 Å². The van der Waals surface area contributed by atoms with Crippen LogP contribution in [-0.4, -0.2) is 34.3 Å². The van der Waals surface area contributed by atoms with E-state index in [1.54, 1.807) is 6.07 Å². The molecule has 2 aromatic rings. The number of carboxylic acid groups (broad SMARTS) is 1. The first-order valence-electron chi connectivity index (χ1n) is 7.09. The number of hydrogen-bond acceptors (Lipinski definition) is 4. The molecular weight excluding hydrogens is 268 g/mol. The van der Waals surface area contributed by atoms with Crippen molar-refractivity contribution in [3.63, 3.8) is 0 Å². The van der Waals surface area contributed by atoms with Gasteiger partial charge in [-0.2, -0.15) is 0 Å². The van der Waals surface area contributed by atoms with Crippen LogP contribution in [0.3, 0.4) is 0 Å². The molecule has 0 radical (unpaired) electrons. The smallest absolute Gasteiger partial charge is 0.354 e. The Kier molecular flexibility index (Phi) is 5.11. The molecule has 1 aromatic heterocycles. The van der Waals surface area contributed by atoms with E-state index in [1.807, 2.05) is 31.2 Å². The molecule has 0 saturated carbocycles. The summed E-state index contributed by atoms with van der Waals surface area (Å²) < 4.78 is 0. The van der Waals surface area contributed by atoms with E-state index >= 15 is 0 Å². The highest BCUT2D eigenvalue weighted by molar-refractivity contribution is 5.97. The Bertz CT molecular complexity index is 628. The summed E-state index contributed by atoms with van der Waals surface area (Å²) >= 11 is 0. The first-order valence-corrected chi connectivity index (χ1v) is 7.09. The molecule has 0 aliphatic heterocycles. The molecule has 1 unspecified atom stereocenters. The number of aliphatic hydroxyl groups is 1. The van der Waals surface area contributed by atoms with Gasteiger partial charge in [0.1, 0.15) is 5.82 Å². The minimum absolute atomic E-state index is 0.0416. The Labute approximate surface area is 123 Å². The van der Waals surface area contributed by atoms with E-state index in [-0.39, 0.29) is 18.2 Å². The number of fused-ring (bicyclic) bond motifs is 1. The van der Waals surface area contributed by atoms with Crippen molar-refractivity contribution < 1.29 is 15.0 Å². The highest BCUT2D eigenvalue weighted by Gasteiger charge is 2.10. The van der Waals surface area contributed by atoms with Crippen molar-refractivity contribution >= 4 is 22.6 Å². The highest BCUT2D eigenvalue weighted by atomic mass is 16.4. The molecule has 0 bridgehead atoms. The van der Waals surface area contributed by atoms with Gasteiger partial charge in [-0.25, -0.2) is 9.78 Å². The number of nitrogens with zero attached hydrogens (tertiary/aromatic N) is 1. The Morgan fingerprint density at radius 2 is 2.14 bits per heavy atom. The summed E-state index contributed by atoms with van der Waals surface area (Å²) in [5.41, 5.74) is 0.0416. The number of carboxylic acids is 1. The lowest BCUT2D eigenvalue weighted by atomic mass is 10.1. The Morgan fingerprint density at radius 3 is 2.86 bits per heavy atom. The van der Waals surface area contributed by atoms with Crippen molar-refractivity contribution in [1.82, 2.24) is 4.98 Å². The number of pyridine rings is 1. The number of carbonyl (C=O) groups is 1. The maximum atomic E-state index is 11.1. The topological polar surface area (TPSA) is 82.5 Å². The van der Waals surface area contributed by atoms with Gasteiger partial charge < -0.3 is 15.5 Å². The second-order valence-corrected chi connectivity index (χ2v) is 5.24. The molecule has 1 aromatic carbocycles. The summed E-state index contributed by atoms with van der Waals surface area (Å²) in [6, 6.07) is 9.16. The fourth-order valence-electron chi connectivity index (χ4n) is 2.19. The minimum Gasteiger partial charge on any atom is -0.477 e. The van der Waals surface area contributed by atoms with Crippen LogP contribution < -0.4 is 5.32 Å². The van der Waals surface area contributed by atoms with Crippen LogP contribution in [0.5, 0.6) is 0 Å². The number of benzene rings is 1. The third kappa shape index (κ3) is 3.92. The second kappa shape index (κ2) is 7.04. The number of aliphatic hydroxyl groups excluding tert-OH is 1. The summed E-state index contributed by atoms with van der Waals surface area (Å²) in [4.78, 5) is 15.3. The lowest BCUT2D eigenvalue weighted by Crippen LogP contribution is -2.10. The van der Waals surface area contributed by atoms with Crippen LogP contribution >= 0.6 is 0 Å². The zero-order chi connectivity index (χ0) is 15.2. The van der Waals surface area contributed by atoms with Gasteiger partial charge in [-0.3, -0.25) is 0 Å². The minimum atomic E-state index is -1.03. The van der Waals surface area contributed by atoms with Gasteiger partial charge in [-0.15, -0.1) is 0 Å². The predicted molar refractivity (Wildman–Crippen MR) is 82.7 cm³/mol. The molecule has 5 heteroatoms. The second-order valence-electron chi connectivity index (χ2n) is 5.24. The zero-order valence-corrected chi connectivity index (χ0v) is 12.0. The monoisotopic (exact) mass is 288 g/mol. The van der Waals surface area contributed by atoms with E-state index in [0.717, 1.165) is 23.6 Å². The molecule has 3 N–H and O–H groups in total. The first-order chi connectivity index (χ1) is 10.1. The van der Waals surface area contributed by atoms with E-state index in [9.17, 15) is 4.79 Å². The standard InChI is InChI=1S/C16H20N2O3/c1-11(10-19)5-4-8-17-15-13-7-3-2-6-12(13)9-14(18-15)16(20)21/h2-3,6-7,9,11,19H,4-5,8,10H2,1H3,(H,17,18)(H,20,21). The molecule has 0 fully saturated rings. The van der Waals surface area contributed by atoms with Crippen molar-refractivity contribution in [3.8, 4) is 0 Å². The Balaban J connectivity index is 2.15. The Morgan fingerprint density at radius 1 is 1.38 bits per heavy atom. The molecular formula is C16H20N2O3. The molecule has 5 nitrogen and oxygen atoms in total. The molecule has 0 aliphatic carbocycles. The summed E-state index contributed by atoms with van der Waals surface area (Å²) in [5.74, 6) is -0.151. The van der Waals surface area contributed by atoms with E-state index in [1.165, 1.54) is 0 Å². The van der Waals surface area contributed by atoms with Crippen molar-refractivity contribution in [2.24, 2.45) is 5.92 Å². The van der Waals surface area contributed by atoms with Crippen LogP contribution in [0, 0.1) is 5.92 Å². The average Bonchev–Trinajstić information content (AvgIpc) is 2.50. The third-order valence-corrected chi connectivity index (χ3v) is 3.44. The molecule has 0 spiro atoms. The average molecular weight is 288 g/mol. The normalized spacial score (nSPS) is 12.3. The molecule has 0 aliphatic rings. The number of hydrogen-bond donors (Lipinski definition) is 3. The lowest BCUT2D eigenvalue weighted by molar-refractivity contribution is 0.0691. The largest absolute Gasteiger partial charge is 0.477 e. The zero-order valence-electron chi connectivity index (χ0n) is 12.0. The van der Waals surface area contributed by atoms with Gasteiger partial charge in [0.15, 0.2) is 5.69 Å². The van der Waals surface area contributed by atoms with Gasteiger partial charge in [0.2, 0.25) is 0 Å². The van der Waals surface area contributed by atoms with Crippen molar-refractivity contribution in [2.75, 3.05) is 18.5 Å². The van der Waals surface area contributed by atoms with Gasteiger partial charge in [-0.05, 0) is 30.2 Å². The maximum absolute atomic E-state index is 11.1.